The van der Waals surface area contributed by atoms with E-state index < -0.39 is 0 Å². The summed E-state index contributed by atoms with van der Waals surface area (Å²) in [6, 6.07) is 0. The van der Waals surface area contributed by atoms with E-state index in [1.54, 1.807) is 29.9 Å². The largest absolute Gasteiger partial charge is 0.354 e. The van der Waals surface area contributed by atoms with Crippen LogP contribution in [0.15, 0.2) is 31.0 Å². The Kier molecular flexibility index (Phi) is 3.66. The van der Waals surface area contributed by atoms with Gasteiger partial charge in [0.2, 0.25) is 0 Å². The predicted molar refractivity (Wildman–Crippen MR) is 83.5 cm³/mol. The van der Waals surface area contributed by atoms with E-state index in [1.165, 1.54) is 0 Å². The summed E-state index contributed by atoms with van der Waals surface area (Å²) in [5.74, 6) is 0.906. The zero-order chi connectivity index (χ0) is 14.8. The summed E-state index contributed by atoms with van der Waals surface area (Å²) < 4.78 is 2.06. The van der Waals surface area contributed by atoms with Crippen molar-refractivity contribution in [2.24, 2.45) is 0 Å². The number of anilines is 1. The van der Waals surface area contributed by atoms with Crippen LogP contribution in [0.1, 0.15) is 11.4 Å². The zero-order valence-corrected chi connectivity index (χ0v) is 13.0. The SMILES string of the molecule is Cc1cnc(Cn2ccnc2-c2cnc(N(C)C)s2)cn1. The van der Waals surface area contributed by atoms with Gasteiger partial charge < -0.3 is 9.47 Å². The van der Waals surface area contributed by atoms with Gasteiger partial charge in [-0.25, -0.2) is 9.97 Å². The average Bonchev–Trinajstić information content (AvgIpc) is 3.09. The van der Waals surface area contributed by atoms with Gasteiger partial charge in [-0.1, -0.05) is 11.3 Å². The Morgan fingerprint density at radius 3 is 2.62 bits per heavy atom. The van der Waals surface area contributed by atoms with Crippen molar-refractivity contribution in [1.82, 2.24) is 24.5 Å². The molecule has 0 aliphatic rings. The van der Waals surface area contributed by atoms with E-state index in [2.05, 4.69) is 24.5 Å². The van der Waals surface area contributed by atoms with Crippen LogP contribution < -0.4 is 4.90 Å². The number of hydrogen-bond acceptors (Lipinski definition) is 6. The Morgan fingerprint density at radius 1 is 1.10 bits per heavy atom. The number of aryl methyl sites for hydroxylation is 1. The number of thiazole rings is 1. The summed E-state index contributed by atoms with van der Waals surface area (Å²) in [7, 11) is 3.97. The summed E-state index contributed by atoms with van der Waals surface area (Å²) in [6.07, 6.45) is 9.19. The Balaban J connectivity index is 1.87. The van der Waals surface area contributed by atoms with Crippen molar-refractivity contribution in [3.63, 3.8) is 0 Å². The van der Waals surface area contributed by atoms with Gasteiger partial charge in [0.25, 0.3) is 0 Å². The first-order chi connectivity index (χ1) is 10.1. The Morgan fingerprint density at radius 2 is 1.95 bits per heavy atom. The van der Waals surface area contributed by atoms with Crippen LogP contribution in [0.25, 0.3) is 10.7 Å². The van der Waals surface area contributed by atoms with E-state index in [9.17, 15) is 0 Å². The number of aromatic nitrogens is 5. The van der Waals surface area contributed by atoms with Gasteiger partial charge in [-0.2, -0.15) is 0 Å². The molecule has 3 aromatic heterocycles. The summed E-state index contributed by atoms with van der Waals surface area (Å²) in [4.78, 5) is 20.5. The first kappa shape index (κ1) is 13.7. The van der Waals surface area contributed by atoms with Gasteiger partial charge in [0.05, 0.1) is 35.2 Å². The van der Waals surface area contributed by atoms with Crippen molar-refractivity contribution in [3.05, 3.63) is 42.4 Å². The topological polar surface area (TPSA) is 59.7 Å². The van der Waals surface area contributed by atoms with Gasteiger partial charge in [-0.15, -0.1) is 0 Å². The third-order valence-corrected chi connectivity index (χ3v) is 4.14. The van der Waals surface area contributed by atoms with Crippen LogP contribution in [0.2, 0.25) is 0 Å². The lowest BCUT2D eigenvalue weighted by Crippen LogP contribution is -2.07. The Hall–Kier alpha value is -2.28. The molecule has 0 saturated carbocycles. The van der Waals surface area contributed by atoms with Gasteiger partial charge >= 0.3 is 0 Å². The van der Waals surface area contributed by atoms with E-state index in [0.29, 0.717) is 6.54 Å². The molecule has 0 aliphatic heterocycles. The van der Waals surface area contributed by atoms with Crippen LogP contribution >= 0.6 is 11.3 Å². The Bertz CT molecular complexity index is 728. The molecule has 0 aliphatic carbocycles. The molecule has 6 nitrogen and oxygen atoms in total. The minimum absolute atomic E-state index is 0.651. The highest BCUT2D eigenvalue weighted by Gasteiger charge is 2.12. The van der Waals surface area contributed by atoms with Crippen LogP contribution in [0.4, 0.5) is 5.13 Å². The van der Waals surface area contributed by atoms with E-state index >= 15 is 0 Å². The molecule has 3 rings (SSSR count). The van der Waals surface area contributed by atoms with E-state index in [4.69, 9.17) is 0 Å². The van der Waals surface area contributed by atoms with Crippen LogP contribution in [0.3, 0.4) is 0 Å². The molecule has 0 amide bonds. The molecule has 0 unspecified atom stereocenters. The molecule has 0 fully saturated rings. The van der Waals surface area contributed by atoms with Gasteiger partial charge in [0.15, 0.2) is 11.0 Å². The van der Waals surface area contributed by atoms with Gasteiger partial charge in [-0.3, -0.25) is 9.97 Å². The molecule has 0 bridgehead atoms. The fourth-order valence-corrected chi connectivity index (χ4v) is 2.76. The van der Waals surface area contributed by atoms with E-state index in [0.717, 1.165) is 27.2 Å². The minimum Gasteiger partial charge on any atom is -0.354 e. The van der Waals surface area contributed by atoms with Gasteiger partial charge in [0.1, 0.15) is 0 Å². The molecule has 0 atom stereocenters. The molecule has 0 spiro atoms. The quantitative estimate of drug-likeness (QED) is 0.739. The fourth-order valence-electron chi connectivity index (χ4n) is 1.91. The first-order valence-electron chi connectivity index (χ1n) is 6.55. The highest BCUT2D eigenvalue weighted by Crippen LogP contribution is 2.29. The lowest BCUT2D eigenvalue weighted by molar-refractivity contribution is 0.774. The molecular formula is C14H16N6S. The molecule has 7 heteroatoms. The average molecular weight is 300 g/mol. The second-order valence-corrected chi connectivity index (χ2v) is 5.94. The lowest BCUT2D eigenvalue weighted by atomic mass is 10.4. The zero-order valence-electron chi connectivity index (χ0n) is 12.2. The molecule has 108 valence electrons. The minimum atomic E-state index is 0.651. The highest BCUT2D eigenvalue weighted by atomic mass is 32.1. The van der Waals surface area contributed by atoms with Crippen LogP contribution in [0, 0.1) is 6.92 Å². The highest BCUT2D eigenvalue weighted by molar-refractivity contribution is 7.18. The number of rotatable bonds is 4. The van der Waals surface area contributed by atoms with Crippen molar-refractivity contribution in [2.45, 2.75) is 13.5 Å². The maximum atomic E-state index is 4.44. The summed E-state index contributed by atoms with van der Waals surface area (Å²) in [6.45, 7) is 2.58. The smallest absolute Gasteiger partial charge is 0.185 e. The third kappa shape index (κ3) is 2.92. The van der Waals surface area contributed by atoms with Crippen molar-refractivity contribution >= 4 is 16.5 Å². The summed E-state index contributed by atoms with van der Waals surface area (Å²) in [5.41, 5.74) is 1.83. The number of imidazole rings is 1. The van der Waals surface area contributed by atoms with Gasteiger partial charge in [-0.05, 0) is 6.92 Å². The second-order valence-electron chi connectivity index (χ2n) is 4.93. The van der Waals surface area contributed by atoms with Crippen LogP contribution in [0.5, 0.6) is 0 Å². The lowest BCUT2D eigenvalue weighted by Gasteiger charge is -2.06. The van der Waals surface area contributed by atoms with Crippen molar-refractivity contribution in [2.75, 3.05) is 19.0 Å². The van der Waals surface area contributed by atoms with Crippen molar-refractivity contribution in [1.29, 1.82) is 0 Å². The summed E-state index contributed by atoms with van der Waals surface area (Å²) >= 11 is 1.62. The number of nitrogens with zero attached hydrogens (tertiary/aromatic N) is 6. The van der Waals surface area contributed by atoms with Crippen molar-refractivity contribution in [3.8, 4) is 10.7 Å². The molecule has 0 aromatic carbocycles. The standard InChI is InChI=1S/C14H16N6S/c1-10-6-17-11(7-16-10)9-20-5-4-15-13(20)12-8-18-14(21-12)19(2)3/h4-8H,9H2,1-3H3. The molecule has 3 heterocycles. The normalized spacial score (nSPS) is 10.8. The second kappa shape index (κ2) is 5.61. The maximum Gasteiger partial charge on any atom is 0.185 e. The van der Waals surface area contributed by atoms with E-state index in [1.807, 2.05) is 38.3 Å². The molecule has 0 radical (unpaired) electrons. The van der Waals surface area contributed by atoms with Gasteiger partial charge in [0, 0.05) is 32.7 Å². The van der Waals surface area contributed by atoms with Crippen LogP contribution in [-0.2, 0) is 6.54 Å². The molecule has 0 N–H and O–H groups in total. The molecule has 0 saturated heterocycles. The molecule has 21 heavy (non-hydrogen) atoms. The summed E-state index contributed by atoms with van der Waals surface area (Å²) in [5, 5.41) is 0.967. The number of hydrogen-bond donors (Lipinski definition) is 0. The fraction of sp³-hybridized carbons (Fsp3) is 0.286. The monoisotopic (exact) mass is 300 g/mol. The first-order valence-corrected chi connectivity index (χ1v) is 7.37. The Labute approximate surface area is 127 Å². The molecule has 3 aromatic rings. The van der Waals surface area contributed by atoms with Crippen molar-refractivity contribution < 1.29 is 0 Å². The third-order valence-electron chi connectivity index (χ3n) is 2.98. The molecular weight excluding hydrogens is 284 g/mol. The van der Waals surface area contributed by atoms with Crippen LogP contribution in [-0.4, -0.2) is 38.6 Å². The van der Waals surface area contributed by atoms with E-state index in [-0.39, 0.29) is 0 Å². The predicted octanol–water partition coefficient (Wildman–Crippen LogP) is 2.22. The maximum absolute atomic E-state index is 4.44.